The second-order valence-corrected chi connectivity index (χ2v) is 5.18. The molecule has 0 N–H and O–H groups in total. The van der Waals surface area contributed by atoms with E-state index in [4.69, 9.17) is 0 Å². The molecule has 0 fully saturated rings. The maximum absolute atomic E-state index is 12.5. The van der Waals surface area contributed by atoms with Crippen molar-refractivity contribution in [1.82, 2.24) is 0 Å². The number of nitrogens with zero attached hydrogens (tertiary/aromatic N) is 1. The van der Waals surface area contributed by atoms with E-state index in [1.807, 2.05) is 30.3 Å². The first kappa shape index (κ1) is 13.3. The van der Waals surface area contributed by atoms with Gasteiger partial charge in [-0.05, 0) is 23.8 Å². The molecule has 2 aromatic rings. The summed E-state index contributed by atoms with van der Waals surface area (Å²) >= 11 is 0. The van der Waals surface area contributed by atoms with Crippen molar-refractivity contribution in [3.05, 3.63) is 77.4 Å². The maximum atomic E-state index is 12.5. The molecule has 0 aliphatic carbocycles. The maximum Gasteiger partial charge on any atom is 0.253 e. The minimum Gasteiger partial charge on any atom is -0.311 e. The number of carbonyl (C=O) groups is 2. The van der Waals surface area contributed by atoms with E-state index >= 15 is 0 Å². The molecule has 1 aliphatic rings. The Bertz CT molecular complexity index is 747. The van der Waals surface area contributed by atoms with Crippen LogP contribution in [0.15, 0.2) is 60.7 Å². The number of carbonyl (C=O) groups excluding carboxylic acids is 2. The molecule has 21 heavy (non-hydrogen) atoms. The van der Waals surface area contributed by atoms with Crippen molar-refractivity contribution in [2.24, 2.45) is 0 Å². The number of fused-ring (bicyclic) bond motifs is 1. The van der Waals surface area contributed by atoms with Crippen molar-refractivity contribution in [2.45, 2.75) is 6.42 Å². The van der Waals surface area contributed by atoms with E-state index < -0.39 is 0 Å². The predicted molar refractivity (Wildman–Crippen MR) is 82.6 cm³/mol. The average Bonchev–Trinajstić information content (AvgIpc) is 2.52. The highest BCUT2D eigenvalue weighted by Gasteiger charge is 2.24. The van der Waals surface area contributed by atoms with E-state index in [1.54, 1.807) is 30.1 Å². The first-order valence-corrected chi connectivity index (χ1v) is 6.76. The Morgan fingerprint density at radius 2 is 1.81 bits per heavy atom. The molecule has 2 aromatic carbocycles. The third kappa shape index (κ3) is 2.27. The van der Waals surface area contributed by atoms with E-state index in [0.717, 1.165) is 11.3 Å². The van der Waals surface area contributed by atoms with Crippen LogP contribution in [-0.2, 0) is 11.2 Å². The quantitative estimate of drug-likeness (QED) is 0.625. The van der Waals surface area contributed by atoms with Crippen molar-refractivity contribution < 1.29 is 9.59 Å². The number of amides is 1. The van der Waals surface area contributed by atoms with Gasteiger partial charge < -0.3 is 4.90 Å². The lowest BCUT2D eigenvalue weighted by atomic mass is 9.94. The highest BCUT2D eigenvalue weighted by atomic mass is 16.2. The molecule has 104 valence electrons. The minimum absolute atomic E-state index is 0.0106. The summed E-state index contributed by atoms with van der Waals surface area (Å²) in [5, 5.41) is 0. The molecule has 0 bridgehead atoms. The molecule has 1 heterocycles. The molecule has 0 atom stereocenters. The summed E-state index contributed by atoms with van der Waals surface area (Å²) in [6, 6.07) is 14.6. The van der Waals surface area contributed by atoms with Gasteiger partial charge in [0.15, 0.2) is 5.78 Å². The fourth-order valence-electron chi connectivity index (χ4n) is 2.60. The molecule has 0 saturated heterocycles. The van der Waals surface area contributed by atoms with Gasteiger partial charge in [-0.25, -0.2) is 0 Å². The standard InChI is InChI=1S/C18H15NO2/c1-12-10-15-11-14(8-9-16(15)19(2)18(12)21)17(20)13-6-4-3-5-7-13/h3-9,11H,1,10H2,2H3. The summed E-state index contributed by atoms with van der Waals surface area (Å²) < 4.78 is 0. The van der Waals surface area contributed by atoms with E-state index in [2.05, 4.69) is 6.58 Å². The second kappa shape index (κ2) is 5.02. The zero-order valence-corrected chi connectivity index (χ0v) is 11.8. The molecule has 1 amide bonds. The lowest BCUT2D eigenvalue weighted by molar-refractivity contribution is -0.115. The van der Waals surface area contributed by atoms with Crippen molar-refractivity contribution >= 4 is 17.4 Å². The third-order valence-electron chi connectivity index (χ3n) is 3.75. The SMILES string of the molecule is C=C1Cc2cc(C(=O)c3ccccc3)ccc2N(C)C1=O. The molecule has 0 aromatic heterocycles. The summed E-state index contributed by atoms with van der Waals surface area (Å²) in [5.74, 6) is -0.0757. The van der Waals surface area contributed by atoms with Crippen LogP contribution in [0.25, 0.3) is 0 Å². The van der Waals surface area contributed by atoms with Gasteiger partial charge in [-0.2, -0.15) is 0 Å². The smallest absolute Gasteiger partial charge is 0.253 e. The Morgan fingerprint density at radius 3 is 2.52 bits per heavy atom. The Morgan fingerprint density at radius 1 is 1.10 bits per heavy atom. The molecule has 3 heteroatoms. The van der Waals surface area contributed by atoms with Gasteiger partial charge in [-0.3, -0.25) is 9.59 Å². The van der Waals surface area contributed by atoms with Crippen LogP contribution in [0.5, 0.6) is 0 Å². The topological polar surface area (TPSA) is 37.4 Å². The molecular formula is C18H15NO2. The molecule has 0 spiro atoms. The van der Waals surface area contributed by atoms with E-state index in [0.29, 0.717) is 23.1 Å². The number of benzene rings is 2. The van der Waals surface area contributed by atoms with Crippen LogP contribution < -0.4 is 4.90 Å². The van der Waals surface area contributed by atoms with Crippen LogP contribution in [0, 0.1) is 0 Å². The Hall–Kier alpha value is -2.68. The number of likely N-dealkylation sites (N-methyl/N-ethyl adjacent to an activating group) is 1. The van der Waals surface area contributed by atoms with Crippen LogP contribution in [0.2, 0.25) is 0 Å². The lowest BCUT2D eigenvalue weighted by Gasteiger charge is -2.27. The van der Waals surface area contributed by atoms with Gasteiger partial charge in [0.05, 0.1) is 0 Å². The lowest BCUT2D eigenvalue weighted by Crippen LogP contribution is -2.32. The summed E-state index contributed by atoms with van der Waals surface area (Å²) in [6.07, 6.45) is 0.494. The molecular weight excluding hydrogens is 262 g/mol. The zero-order valence-electron chi connectivity index (χ0n) is 11.8. The number of anilines is 1. The Kier molecular flexibility index (Phi) is 3.18. The normalized spacial score (nSPS) is 14.0. The van der Waals surface area contributed by atoms with E-state index in [-0.39, 0.29) is 11.7 Å². The molecule has 3 rings (SSSR count). The van der Waals surface area contributed by atoms with Crippen LogP contribution in [0.4, 0.5) is 5.69 Å². The monoisotopic (exact) mass is 277 g/mol. The predicted octanol–water partition coefficient (Wildman–Crippen LogP) is 2.99. The van der Waals surface area contributed by atoms with Gasteiger partial charge in [0, 0.05) is 35.9 Å². The van der Waals surface area contributed by atoms with E-state index in [1.165, 1.54) is 0 Å². The van der Waals surface area contributed by atoms with Crippen LogP contribution in [-0.4, -0.2) is 18.7 Å². The van der Waals surface area contributed by atoms with Gasteiger partial charge in [-0.15, -0.1) is 0 Å². The highest BCUT2D eigenvalue weighted by molar-refractivity contribution is 6.11. The summed E-state index contributed by atoms with van der Waals surface area (Å²) in [7, 11) is 1.73. The molecule has 0 unspecified atom stereocenters. The molecule has 3 nitrogen and oxygen atoms in total. The average molecular weight is 277 g/mol. The number of hydrogen-bond acceptors (Lipinski definition) is 2. The fraction of sp³-hybridized carbons (Fsp3) is 0.111. The highest BCUT2D eigenvalue weighted by Crippen LogP contribution is 2.30. The van der Waals surface area contributed by atoms with Gasteiger partial charge >= 0.3 is 0 Å². The minimum atomic E-state index is -0.0652. The Labute approximate surface area is 123 Å². The van der Waals surface area contributed by atoms with Gasteiger partial charge in [0.25, 0.3) is 5.91 Å². The first-order chi connectivity index (χ1) is 10.1. The number of rotatable bonds is 2. The van der Waals surface area contributed by atoms with Crippen molar-refractivity contribution in [2.75, 3.05) is 11.9 Å². The van der Waals surface area contributed by atoms with Gasteiger partial charge in [0.1, 0.15) is 0 Å². The number of ketones is 1. The van der Waals surface area contributed by atoms with Crippen molar-refractivity contribution in [3.63, 3.8) is 0 Å². The van der Waals surface area contributed by atoms with Crippen LogP contribution >= 0.6 is 0 Å². The van der Waals surface area contributed by atoms with Gasteiger partial charge in [-0.1, -0.05) is 36.9 Å². The molecule has 1 aliphatic heterocycles. The molecule has 0 saturated carbocycles. The second-order valence-electron chi connectivity index (χ2n) is 5.18. The van der Waals surface area contributed by atoms with E-state index in [9.17, 15) is 9.59 Å². The summed E-state index contributed by atoms with van der Waals surface area (Å²) in [6.45, 7) is 3.80. The zero-order chi connectivity index (χ0) is 15.0. The largest absolute Gasteiger partial charge is 0.311 e. The fourth-order valence-corrected chi connectivity index (χ4v) is 2.60. The van der Waals surface area contributed by atoms with Crippen molar-refractivity contribution in [3.8, 4) is 0 Å². The summed E-state index contributed by atoms with van der Waals surface area (Å²) in [4.78, 5) is 25.9. The summed E-state index contributed by atoms with van der Waals surface area (Å²) in [5.41, 5.74) is 3.65. The first-order valence-electron chi connectivity index (χ1n) is 6.76. The number of hydrogen-bond donors (Lipinski definition) is 0. The van der Waals surface area contributed by atoms with Gasteiger partial charge in [0.2, 0.25) is 0 Å². The van der Waals surface area contributed by atoms with Crippen molar-refractivity contribution in [1.29, 1.82) is 0 Å². The molecule has 0 radical (unpaired) electrons. The Balaban J connectivity index is 2.01. The van der Waals surface area contributed by atoms with Crippen LogP contribution in [0.1, 0.15) is 21.5 Å². The third-order valence-corrected chi connectivity index (χ3v) is 3.75. The van der Waals surface area contributed by atoms with Crippen LogP contribution in [0.3, 0.4) is 0 Å².